The van der Waals surface area contributed by atoms with E-state index in [2.05, 4.69) is 4.98 Å². The second-order valence-corrected chi connectivity index (χ2v) is 7.98. The lowest BCUT2D eigenvalue weighted by Crippen LogP contribution is -2.40. The van der Waals surface area contributed by atoms with Gasteiger partial charge >= 0.3 is 0 Å². The van der Waals surface area contributed by atoms with E-state index < -0.39 is 0 Å². The lowest BCUT2D eigenvalue weighted by atomic mass is 9.96. The zero-order valence-electron chi connectivity index (χ0n) is 15.8. The first-order valence-electron chi connectivity index (χ1n) is 9.62. The van der Waals surface area contributed by atoms with Gasteiger partial charge in [0.2, 0.25) is 5.91 Å². The number of rotatable bonds is 5. The SMILES string of the molecule is O=C1S/C(=C\c2ccco2)C(=O)N1CCC(=O)N1CCCC[C@@H]1c1cccnc1. The Morgan fingerprint density at radius 3 is 2.93 bits per heavy atom. The molecule has 0 aromatic carbocycles. The van der Waals surface area contributed by atoms with Crippen molar-refractivity contribution in [3.63, 3.8) is 0 Å². The molecular weight excluding hydrogens is 390 g/mol. The van der Waals surface area contributed by atoms with Gasteiger partial charge in [-0.15, -0.1) is 0 Å². The lowest BCUT2D eigenvalue weighted by Gasteiger charge is -2.36. The highest BCUT2D eigenvalue weighted by molar-refractivity contribution is 8.18. The molecule has 2 aromatic heterocycles. The molecule has 0 spiro atoms. The minimum absolute atomic E-state index is 0.00119. The molecule has 0 N–H and O–H groups in total. The number of aromatic nitrogens is 1. The second kappa shape index (κ2) is 8.65. The lowest BCUT2D eigenvalue weighted by molar-refractivity contribution is -0.135. The predicted molar refractivity (Wildman–Crippen MR) is 109 cm³/mol. The molecule has 150 valence electrons. The van der Waals surface area contributed by atoms with E-state index in [1.807, 2.05) is 17.0 Å². The largest absolute Gasteiger partial charge is 0.465 e. The maximum Gasteiger partial charge on any atom is 0.293 e. The summed E-state index contributed by atoms with van der Waals surface area (Å²) >= 11 is 0.870. The van der Waals surface area contributed by atoms with Gasteiger partial charge in [0, 0.05) is 38.0 Å². The second-order valence-electron chi connectivity index (χ2n) is 6.98. The van der Waals surface area contributed by atoms with Gasteiger partial charge in [0.1, 0.15) is 5.76 Å². The van der Waals surface area contributed by atoms with Gasteiger partial charge in [0.05, 0.1) is 17.2 Å². The van der Waals surface area contributed by atoms with E-state index in [4.69, 9.17) is 4.42 Å². The summed E-state index contributed by atoms with van der Waals surface area (Å²) in [6, 6.07) is 7.29. The van der Waals surface area contributed by atoms with Gasteiger partial charge in [-0.05, 0) is 54.8 Å². The minimum Gasteiger partial charge on any atom is -0.465 e. The molecule has 2 aliphatic heterocycles. The zero-order valence-corrected chi connectivity index (χ0v) is 16.6. The fourth-order valence-corrected chi connectivity index (χ4v) is 4.54. The van der Waals surface area contributed by atoms with Gasteiger partial charge in [-0.1, -0.05) is 6.07 Å². The van der Waals surface area contributed by atoms with Gasteiger partial charge in [0.25, 0.3) is 11.1 Å². The van der Waals surface area contributed by atoms with Crippen LogP contribution >= 0.6 is 11.8 Å². The van der Waals surface area contributed by atoms with Crippen molar-refractivity contribution in [3.05, 3.63) is 59.2 Å². The average Bonchev–Trinajstić information content (AvgIpc) is 3.35. The molecule has 0 bridgehead atoms. The standard InChI is InChI=1S/C21H21N3O4S/c25-19(23-10-2-1-7-17(23)15-5-3-9-22-14-15)8-11-24-20(26)18(29-21(24)27)13-16-6-4-12-28-16/h3-6,9,12-14,17H,1-2,7-8,10-11H2/b18-13-/t17-/m1/s1. The van der Waals surface area contributed by atoms with Gasteiger partial charge in [0.15, 0.2) is 0 Å². The number of carbonyl (C=O) groups is 3. The molecule has 2 aliphatic rings. The number of thioether (sulfide) groups is 1. The number of piperidine rings is 1. The Hall–Kier alpha value is -2.87. The number of amides is 3. The maximum atomic E-state index is 12.9. The summed E-state index contributed by atoms with van der Waals surface area (Å²) < 4.78 is 5.21. The Morgan fingerprint density at radius 2 is 2.17 bits per heavy atom. The van der Waals surface area contributed by atoms with Crippen LogP contribution in [-0.4, -0.2) is 44.9 Å². The number of furan rings is 1. The average molecular weight is 411 g/mol. The number of hydrogen-bond donors (Lipinski definition) is 0. The van der Waals surface area contributed by atoms with Crippen LogP contribution in [0.2, 0.25) is 0 Å². The number of nitrogens with zero attached hydrogens (tertiary/aromatic N) is 3. The van der Waals surface area contributed by atoms with Crippen LogP contribution in [0.3, 0.4) is 0 Å². The zero-order chi connectivity index (χ0) is 20.2. The Morgan fingerprint density at radius 1 is 1.28 bits per heavy atom. The molecule has 8 heteroatoms. The van der Waals surface area contributed by atoms with Crippen molar-refractivity contribution < 1.29 is 18.8 Å². The van der Waals surface area contributed by atoms with E-state index in [1.165, 1.54) is 6.26 Å². The fraction of sp³-hybridized carbons (Fsp3) is 0.333. The first-order valence-corrected chi connectivity index (χ1v) is 10.4. The normalized spacial score (nSPS) is 21.2. The van der Waals surface area contributed by atoms with Crippen molar-refractivity contribution in [3.8, 4) is 0 Å². The van der Waals surface area contributed by atoms with Crippen LogP contribution in [0.4, 0.5) is 4.79 Å². The molecule has 0 saturated carbocycles. The topological polar surface area (TPSA) is 83.7 Å². The summed E-state index contributed by atoms with van der Waals surface area (Å²) in [6.07, 6.45) is 9.59. The van der Waals surface area contributed by atoms with E-state index in [1.54, 1.807) is 30.6 Å². The van der Waals surface area contributed by atoms with Crippen molar-refractivity contribution in [1.29, 1.82) is 0 Å². The molecule has 0 radical (unpaired) electrons. The molecule has 2 saturated heterocycles. The molecule has 0 unspecified atom stereocenters. The van der Waals surface area contributed by atoms with Crippen molar-refractivity contribution in [2.24, 2.45) is 0 Å². The van der Waals surface area contributed by atoms with Crippen LogP contribution in [-0.2, 0) is 9.59 Å². The highest BCUT2D eigenvalue weighted by Gasteiger charge is 2.36. The summed E-state index contributed by atoms with van der Waals surface area (Å²) in [5.74, 6) is 0.0819. The highest BCUT2D eigenvalue weighted by atomic mass is 32.2. The van der Waals surface area contributed by atoms with Crippen LogP contribution in [0.15, 0.2) is 52.2 Å². The third-order valence-electron chi connectivity index (χ3n) is 5.13. The molecular formula is C21H21N3O4S. The Balaban J connectivity index is 1.41. The molecule has 4 heterocycles. The molecule has 4 rings (SSSR count). The highest BCUT2D eigenvalue weighted by Crippen LogP contribution is 2.34. The van der Waals surface area contributed by atoms with Gasteiger partial charge in [-0.2, -0.15) is 0 Å². The Labute approximate surface area is 172 Å². The smallest absolute Gasteiger partial charge is 0.293 e. The summed E-state index contributed by atoms with van der Waals surface area (Å²) in [7, 11) is 0. The molecule has 1 atom stereocenters. The summed E-state index contributed by atoms with van der Waals surface area (Å²) in [5, 5.41) is -0.358. The first kappa shape index (κ1) is 19.4. The minimum atomic E-state index is -0.383. The van der Waals surface area contributed by atoms with Crippen LogP contribution in [0.1, 0.15) is 43.0 Å². The van der Waals surface area contributed by atoms with Crippen LogP contribution < -0.4 is 0 Å². The van der Waals surface area contributed by atoms with Crippen LogP contribution in [0.5, 0.6) is 0 Å². The van der Waals surface area contributed by atoms with Crippen molar-refractivity contribution in [2.75, 3.05) is 13.1 Å². The third-order valence-corrected chi connectivity index (χ3v) is 6.04. The molecule has 29 heavy (non-hydrogen) atoms. The number of carbonyl (C=O) groups excluding carboxylic acids is 3. The Kier molecular flexibility index (Phi) is 5.80. The van der Waals surface area contributed by atoms with Crippen molar-refractivity contribution >= 4 is 34.9 Å². The monoisotopic (exact) mass is 411 g/mol. The third kappa shape index (κ3) is 4.27. The predicted octanol–water partition coefficient (Wildman–Crippen LogP) is 3.85. The number of imide groups is 1. The summed E-state index contributed by atoms with van der Waals surface area (Å²) in [4.78, 5) is 45.2. The first-order chi connectivity index (χ1) is 14.1. The van der Waals surface area contributed by atoms with Crippen molar-refractivity contribution in [2.45, 2.75) is 31.7 Å². The quantitative estimate of drug-likeness (QED) is 0.695. The van der Waals surface area contributed by atoms with E-state index in [-0.39, 0.29) is 36.1 Å². The van der Waals surface area contributed by atoms with Crippen LogP contribution in [0.25, 0.3) is 6.08 Å². The molecule has 3 amide bonds. The molecule has 2 aromatic rings. The van der Waals surface area contributed by atoms with E-state index in [0.29, 0.717) is 17.2 Å². The number of likely N-dealkylation sites (tertiary alicyclic amines) is 1. The fourth-order valence-electron chi connectivity index (χ4n) is 3.70. The van der Waals surface area contributed by atoms with E-state index in [0.717, 1.165) is 41.5 Å². The molecule has 2 fully saturated rings. The van der Waals surface area contributed by atoms with Crippen LogP contribution in [0, 0.1) is 0 Å². The van der Waals surface area contributed by atoms with Crippen molar-refractivity contribution in [1.82, 2.24) is 14.8 Å². The van der Waals surface area contributed by atoms with Gasteiger partial charge in [-0.25, -0.2) is 0 Å². The number of pyridine rings is 1. The molecule has 0 aliphatic carbocycles. The van der Waals surface area contributed by atoms with Gasteiger partial charge in [-0.3, -0.25) is 24.3 Å². The summed E-state index contributed by atoms with van der Waals surface area (Å²) in [5.41, 5.74) is 1.02. The number of hydrogen-bond acceptors (Lipinski definition) is 6. The van der Waals surface area contributed by atoms with E-state index in [9.17, 15) is 14.4 Å². The van der Waals surface area contributed by atoms with E-state index >= 15 is 0 Å². The van der Waals surface area contributed by atoms with Gasteiger partial charge < -0.3 is 9.32 Å². The molecule has 7 nitrogen and oxygen atoms in total. The maximum absolute atomic E-state index is 12.9. The Bertz CT molecular complexity index is 927. The summed E-state index contributed by atoms with van der Waals surface area (Å²) in [6.45, 7) is 0.758.